The van der Waals surface area contributed by atoms with Crippen molar-refractivity contribution in [3.63, 3.8) is 0 Å². The summed E-state index contributed by atoms with van der Waals surface area (Å²) in [6.07, 6.45) is 2.14. The summed E-state index contributed by atoms with van der Waals surface area (Å²) in [6, 6.07) is 4.78. The highest BCUT2D eigenvalue weighted by Crippen LogP contribution is 2.41. The molecule has 4 heteroatoms. The second-order valence-corrected chi connectivity index (χ2v) is 3.62. The zero-order chi connectivity index (χ0) is 10.8. The van der Waals surface area contributed by atoms with Gasteiger partial charge in [0.15, 0.2) is 0 Å². The average Bonchev–Trinajstić information content (AvgIpc) is 2.99. The van der Waals surface area contributed by atoms with Crippen LogP contribution in [-0.4, -0.2) is 11.7 Å². The minimum absolute atomic E-state index is 0.106. The number of aliphatic hydroxyl groups is 1. The van der Waals surface area contributed by atoms with Gasteiger partial charge in [0.1, 0.15) is 12.4 Å². The van der Waals surface area contributed by atoms with Crippen LogP contribution in [0.2, 0.25) is 0 Å². The van der Waals surface area contributed by atoms with Gasteiger partial charge in [-0.05, 0) is 42.0 Å². The van der Waals surface area contributed by atoms with E-state index in [1.807, 2.05) is 0 Å². The second-order valence-electron chi connectivity index (χ2n) is 3.62. The molecular weight excluding hydrogens is 202 g/mol. The van der Waals surface area contributed by atoms with Crippen molar-refractivity contribution in [3.05, 3.63) is 35.9 Å². The molecule has 0 amide bonds. The van der Waals surface area contributed by atoms with Gasteiger partial charge in [0.05, 0.1) is 0 Å². The third-order valence-corrected chi connectivity index (χ3v) is 2.37. The standard InChI is InChI=1S/C11H11F2O2/c12-11(13)15-10-4-7(6-14)3-9(5-10)8-1-2-8/h3-6,8,11,14H,1-2H2. The van der Waals surface area contributed by atoms with E-state index >= 15 is 0 Å². The Hall–Kier alpha value is -1.16. The lowest BCUT2D eigenvalue weighted by atomic mass is 10.1. The Balaban J connectivity index is 2.24. The number of ether oxygens (including phenoxy) is 1. The van der Waals surface area contributed by atoms with E-state index in [0.717, 1.165) is 25.0 Å². The summed E-state index contributed by atoms with van der Waals surface area (Å²) in [5, 5.41) is 8.85. The second kappa shape index (κ2) is 4.14. The lowest BCUT2D eigenvalue weighted by Crippen LogP contribution is -2.02. The van der Waals surface area contributed by atoms with Crippen LogP contribution in [-0.2, 0) is 0 Å². The number of hydrogen-bond acceptors (Lipinski definition) is 2. The van der Waals surface area contributed by atoms with Crippen LogP contribution in [0, 0.1) is 6.61 Å². The van der Waals surface area contributed by atoms with Gasteiger partial charge in [0, 0.05) is 0 Å². The number of rotatable bonds is 4. The van der Waals surface area contributed by atoms with E-state index in [-0.39, 0.29) is 5.75 Å². The molecule has 0 aromatic heterocycles. The van der Waals surface area contributed by atoms with Gasteiger partial charge in [-0.25, -0.2) is 0 Å². The Kier molecular flexibility index (Phi) is 2.86. The van der Waals surface area contributed by atoms with Crippen molar-refractivity contribution in [1.29, 1.82) is 0 Å². The third kappa shape index (κ3) is 2.65. The topological polar surface area (TPSA) is 29.5 Å². The van der Waals surface area contributed by atoms with Crippen LogP contribution in [0.5, 0.6) is 5.75 Å². The van der Waals surface area contributed by atoms with Crippen molar-refractivity contribution in [3.8, 4) is 5.75 Å². The van der Waals surface area contributed by atoms with Crippen LogP contribution in [0.25, 0.3) is 0 Å². The molecule has 81 valence electrons. The molecule has 15 heavy (non-hydrogen) atoms. The van der Waals surface area contributed by atoms with Crippen LogP contribution < -0.4 is 4.74 Å². The highest BCUT2D eigenvalue weighted by Gasteiger charge is 2.24. The minimum atomic E-state index is -2.83. The molecule has 0 aliphatic heterocycles. The van der Waals surface area contributed by atoms with Crippen LogP contribution in [0.15, 0.2) is 18.2 Å². The van der Waals surface area contributed by atoms with Gasteiger partial charge in [-0.3, -0.25) is 0 Å². The van der Waals surface area contributed by atoms with E-state index in [0.29, 0.717) is 11.5 Å². The number of halogens is 2. The fraction of sp³-hybridized carbons (Fsp3) is 0.364. The smallest absolute Gasteiger partial charge is 0.387 e. The molecule has 1 N–H and O–H groups in total. The van der Waals surface area contributed by atoms with E-state index in [9.17, 15) is 8.78 Å². The van der Waals surface area contributed by atoms with Crippen LogP contribution in [0.3, 0.4) is 0 Å². The van der Waals surface area contributed by atoms with Crippen LogP contribution >= 0.6 is 0 Å². The Bertz CT molecular complexity index is 348. The lowest BCUT2D eigenvalue weighted by Gasteiger charge is -2.08. The lowest BCUT2D eigenvalue weighted by molar-refractivity contribution is -0.0499. The molecule has 1 saturated carbocycles. The van der Waals surface area contributed by atoms with Gasteiger partial charge in [-0.15, -0.1) is 0 Å². The van der Waals surface area contributed by atoms with Gasteiger partial charge in [0.2, 0.25) is 0 Å². The number of hydrogen-bond donors (Lipinski definition) is 1. The monoisotopic (exact) mass is 213 g/mol. The summed E-state index contributed by atoms with van der Waals surface area (Å²) < 4.78 is 28.3. The average molecular weight is 213 g/mol. The van der Waals surface area contributed by atoms with E-state index in [1.54, 1.807) is 12.1 Å². The molecule has 1 aromatic carbocycles. The van der Waals surface area contributed by atoms with Crippen molar-refractivity contribution in [2.75, 3.05) is 0 Å². The number of alkyl halides is 2. The highest BCUT2D eigenvalue weighted by molar-refractivity contribution is 5.39. The molecule has 1 fully saturated rings. The first-order valence-electron chi connectivity index (χ1n) is 4.76. The van der Waals surface area contributed by atoms with Crippen molar-refractivity contribution < 1.29 is 18.6 Å². The molecule has 0 saturated heterocycles. The van der Waals surface area contributed by atoms with Crippen LogP contribution in [0.4, 0.5) is 8.78 Å². The summed E-state index contributed by atoms with van der Waals surface area (Å²) in [4.78, 5) is 0. The van der Waals surface area contributed by atoms with E-state index in [2.05, 4.69) is 4.74 Å². The predicted molar refractivity (Wildman–Crippen MR) is 50.4 cm³/mol. The Morgan fingerprint density at radius 3 is 2.60 bits per heavy atom. The fourth-order valence-corrected chi connectivity index (χ4v) is 1.54. The zero-order valence-corrected chi connectivity index (χ0v) is 7.99. The quantitative estimate of drug-likeness (QED) is 0.832. The molecule has 0 atom stereocenters. The molecule has 0 unspecified atom stereocenters. The van der Waals surface area contributed by atoms with Crippen molar-refractivity contribution in [2.45, 2.75) is 25.4 Å². The molecule has 1 radical (unpaired) electrons. The fourth-order valence-electron chi connectivity index (χ4n) is 1.54. The van der Waals surface area contributed by atoms with Crippen molar-refractivity contribution in [2.24, 2.45) is 0 Å². The van der Waals surface area contributed by atoms with E-state index < -0.39 is 6.61 Å². The summed E-state index contributed by atoms with van der Waals surface area (Å²) >= 11 is 0. The molecule has 2 nitrogen and oxygen atoms in total. The van der Waals surface area contributed by atoms with Gasteiger partial charge in [-0.1, -0.05) is 6.07 Å². The molecule has 1 aliphatic rings. The van der Waals surface area contributed by atoms with Gasteiger partial charge >= 0.3 is 6.61 Å². The molecule has 0 bridgehead atoms. The van der Waals surface area contributed by atoms with Gasteiger partial charge < -0.3 is 9.84 Å². The van der Waals surface area contributed by atoms with E-state index in [1.165, 1.54) is 6.07 Å². The molecule has 1 aromatic rings. The van der Waals surface area contributed by atoms with Crippen LogP contribution in [0.1, 0.15) is 29.9 Å². The van der Waals surface area contributed by atoms with Crippen molar-refractivity contribution >= 4 is 0 Å². The van der Waals surface area contributed by atoms with Gasteiger partial charge in [-0.2, -0.15) is 8.78 Å². The maximum absolute atomic E-state index is 12.0. The molecule has 0 heterocycles. The maximum Gasteiger partial charge on any atom is 0.387 e. The highest BCUT2D eigenvalue weighted by atomic mass is 19.3. The first-order valence-corrected chi connectivity index (χ1v) is 4.76. The Labute approximate surface area is 86.5 Å². The molecule has 1 aliphatic carbocycles. The molecular formula is C11H11F2O2. The summed E-state index contributed by atoms with van der Waals surface area (Å²) in [5.41, 5.74) is 1.45. The zero-order valence-electron chi connectivity index (χ0n) is 7.99. The summed E-state index contributed by atoms with van der Waals surface area (Å²) in [5.74, 6) is 0.541. The number of aliphatic hydroxyl groups excluding tert-OH is 1. The largest absolute Gasteiger partial charge is 0.435 e. The van der Waals surface area contributed by atoms with E-state index in [4.69, 9.17) is 5.11 Å². The number of benzene rings is 1. The summed E-state index contributed by atoms with van der Waals surface area (Å²) in [7, 11) is 0. The maximum atomic E-state index is 12.0. The first kappa shape index (κ1) is 10.4. The SMILES string of the molecule is O[CH]c1cc(OC(F)F)cc(C2CC2)c1. The minimum Gasteiger partial charge on any atom is -0.435 e. The third-order valence-electron chi connectivity index (χ3n) is 2.37. The molecule has 2 rings (SSSR count). The van der Waals surface area contributed by atoms with Gasteiger partial charge in [0.25, 0.3) is 0 Å². The summed E-state index contributed by atoms with van der Waals surface area (Å²) in [6.45, 7) is -1.93. The Morgan fingerprint density at radius 2 is 2.07 bits per heavy atom. The normalized spacial score (nSPS) is 15.7. The Morgan fingerprint density at radius 1 is 1.33 bits per heavy atom. The first-order chi connectivity index (χ1) is 7.19. The predicted octanol–water partition coefficient (Wildman–Crippen LogP) is 3.05. The molecule has 0 spiro atoms. The van der Waals surface area contributed by atoms with Crippen molar-refractivity contribution in [1.82, 2.24) is 0 Å².